The number of fused-ring (bicyclic) bond motifs is 1. The van der Waals surface area contributed by atoms with Gasteiger partial charge in [-0.15, -0.1) is 15.0 Å². The second-order valence-electron chi connectivity index (χ2n) is 7.03. The van der Waals surface area contributed by atoms with Crippen LogP contribution >= 0.6 is 19.6 Å². The summed E-state index contributed by atoms with van der Waals surface area (Å²) in [4.78, 5) is 13.4. The third-order valence-corrected chi connectivity index (χ3v) is 5.07. The van der Waals surface area contributed by atoms with Gasteiger partial charge in [0.25, 0.3) is 0 Å². The molecule has 2 atom stereocenters. The standard InChI is InChI=1S/C19H20ClN8O5P/c1-34(32)33-12-3-5-16(31)15(7-12)28-26-13-4-2-10(6-14(13)27-28)22-19-24-17(20)23-18(25-19)21-8-11(30)9-29/h2-7,11,29-31,34H,8-9H2,1H3,(H2,21,22,23,24,25). The number of anilines is 3. The molecule has 0 spiro atoms. The molecule has 4 aromatic rings. The molecule has 0 aliphatic heterocycles. The topological polar surface area (TPSA) is 180 Å². The van der Waals surface area contributed by atoms with Gasteiger partial charge in [-0.25, -0.2) is 0 Å². The van der Waals surface area contributed by atoms with Crippen molar-refractivity contribution >= 4 is 48.2 Å². The lowest BCUT2D eigenvalue weighted by Crippen LogP contribution is -2.24. The summed E-state index contributed by atoms with van der Waals surface area (Å²) in [6.07, 6.45) is -0.978. The molecule has 4 rings (SSSR count). The Kier molecular flexibility index (Phi) is 7.08. The average molecular weight is 507 g/mol. The van der Waals surface area contributed by atoms with Gasteiger partial charge < -0.3 is 30.5 Å². The van der Waals surface area contributed by atoms with E-state index in [1.807, 2.05) is 0 Å². The van der Waals surface area contributed by atoms with Crippen LogP contribution in [-0.2, 0) is 4.57 Å². The molecule has 0 aliphatic carbocycles. The number of hydrogen-bond acceptors (Lipinski definition) is 12. The van der Waals surface area contributed by atoms with E-state index in [4.69, 9.17) is 21.2 Å². The SMILES string of the molecule is C[PH](=O)Oc1ccc(O)c(-n2nc3ccc(Nc4nc(Cl)nc(NCC(O)CO)n4)cc3n2)c1. The molecule has 34 heavy (non-hydrogen) atoms. The van der Waals surface area contributed by atoms with Crippen molar-refractivity contribution in [2.45, 2.75) is 6.10 Å². The molecule has 178 valence electrons. The van der Waals surface area contributed by atoms with Crippen LogP contribution in [0.5, 0.6) is 11.5 Å². The van der Waals surface area contributed by atoms with Gasteiger partial charge in [0.05, 0.1) is 12.7 Å². The van der Waals surface area contributed by atoms with Crippen molar-refractivity contribution in [3.05, 3.63) is 41.7 Å². The molecular weight excluding hydrogens is 487 g/mol. The van der Waals surface area contributed by atoms with E-state index in [9.17, 15) is 14.8 Å². The maximum absolute atomic E-state index is 11.4. The number of aromatic nitrogens is 6. The molecule has 2 aromatic heterocycles. The third-order valence-electron chi connectivity index (χ3n) is 4.38. The molecule has 0 aliphatic rings. The number of aliphatic hydroxyl groups is 2. The molecule has 0 radical (unpaired) electrons. The Morgan fingerprint density at radius 3 is 2.65 bits per heavy atom. The molecule has 0 fully saturated rings. The van der Waals surface area contributed by atoms with Gasteiger partial charge in [0.15, 0.2) is 0 Å². The van der Waals surface area contributed by atoms with Gasteiger partial charge in [-0.05, 0) is 41.9 Å². The van der Waals surface area contributed by atoms with E-state index >= 15 is 0 Å². The minimum Gasteiger partial charge on any atom is -0.506 e. The minimum atomic E-state index is -2.22. The largest absolute Gasteiger partial charge is 0.506 e. The van der Waals surface area contributed by atoms with Crippen LogP contribution in [0.25, 0.3) is 16.7 Å². The van der Waals surface area contributed by atoms with Crippen LogP contribution in [-0.4, -0.2) is 71.2 Å². The van der Waals surface area contributed by atoms with Gasteiger partial charge >= 0.3 is 0 Å². The molecule has 2 heterocycles. The normalized spacial score (nSPS) is 12.9. The fourth-order valence-electron chi connectivity index (χ4n) is 2.88. The van der Waals surface area contributed by atoms with Crippen molar-refractivity contribution in [3.8, 4) is 17.2 Å². The van der Waals surface area contributed by atoms with Crippen molar-refractivity contribution in [2.24, 2.45) is 0 Å². The van der Waals surface area contributed by atoms with Gasteiger partial charge in [-0.1, -0.05) is 0 Å². The highest BCUT2D eigenvalue weighted by molar-refractivity contribution is 7.38. The lowest BCUT2D eigenvalue weighted by molar-refractivity contribution is 0.105. The predicted molar refractivity (Wildman–Crippen MR) is 126 cm³/mol. The number of rotatable bonds is 9. The summed E-state index contributed by atoms with van der Waals surface area (Å²) < 4.78 is 16.6. The summed E-state index contributed by atoms with van der Waals surface area (Å²) in [5.41, 5.74) is 1.89. The van der Waals surface area contributed by atoms with Crippen molar-refractivity contribution < 1.29 is 24.4 Å². The second-order valence-corrected chi connectivity index (χ2v) is 8.56. The Bertz CT molecular complexity index is 1350. The van der Waals surface area contributed by atoms with Gasteiger partial charge in [-0.3, -0.25) is 4.57 Å². The summed E-state index contributed by atoms with van der Waals surface area (Å²) in [5, 5.41) is 43.1. The number of halogens is 1. The average Bonchev–Trinajstić information content (AvgIpc) is 3.21. The zero-order chi connectivity index (χ0) is 24.2. The number of benzene rings is 2. The van der Waals surface area contributed by atoms with Crippen molar-refractivity contribution in [1.82, 2.24) is 29.9 Å². The first-order valence-electron chi connectivity index (χ1n) is 9.91. The van der Waals surface area contributed by atoms with Crippen LogP contribution in [0.4, 0.5) is 17.6 Å². The Balaban J connectivity index is 1.58. The van der Waals surface area contributed by atoms with E-state index in [0.717, 1.165) is 0 Å². The number of aromatic hydroxyl groups is 1. The van der Waals surface area contributed by atoms with Gasteiger partial charge in [0.2, 0.25) is 25.2 Å². The van der Waals surface area contributed by atoms with Crippen LogP contribution in [0, 0.1) is 0 Å². The van der Waals surface area contributed by atoms with E-state index in [1.165, 1.54) is 29.7 Å². The summed E-state index contributed by atoms with van der Waals surface area (Å²) >= 11 is 5.96. The van der Waals surface area contributed by atoms with Gasteiger partial charge in [-0.2, -0.15) is 15.0 Å². The highest BCUT2D eigenvalue weighted by atomic mass is 35.5. The summed E-state index contributed by atoms with van der Waals surface area (Å²) in [6, 6.07) is 9.54. The van der Waals surface area contributed by atoms with Crippen LogP contribution in [0.2, 0.25) is 5.28 Å². The van der Waals surface area contributed by atoms with Crippen molar-refractivity contribution in [2.75, 3.05) is 30.5 Å². The monoisotopic (exact) mass is 506 g/mol. The van der Waals surface area contributed by atoms with Crippen LogP contribution < -0.4 is 15.2 Å². The lowest BCUT2D eigenvalue weighted by Gasteiger charge is -2.10. The smallest absolute Gasteiger partial charge is 0.233 e. The lowest BCUT2D eigenvalue weighted by atomic mass is 10.3. The summed E-state index contributed by atoms with van der Waals surface area (Å²) in [6.45, 7) is 1.08. The van der Waals surface area contributed by atoms with Crippen LogP contribution in [0.3, 0.4) is 0 Å². The van der Waals surface area contributed by atoms with Crippen LogP contribution in [0.1, 0.15) is 0 Å². The molecule has 0 saturated carbocycles. The Morgan fingerprint density at radius 2 is 1.88 bits per heavy atom. The van der Waals surface area contributed by atoms with E-state index in [0.29, 0.717) is 22.5 Å². The third kappa shape index (κ3) is 5.69. The van der Waals surface area contributed by atoms with Crippen molar-refractivity contribution in [3.63, 3.8) is 0 Å². The second kappa shape index (κ2) is 10.2. The molecule has 15 heteroatoms. The molecule has 0 amide bonds. The Hall–Kier alpha value is -3.51. The molecular formula is C19H20ClN8O5P. The maximum Gasteiger partial charge on any atom is 0.233 e. The van der Waals surface area contributed by atoms with E-state index in [1.54, 1.807) is 18.2 Å². The summed E-state index contributed by atoms with van der Waals surface area (Å²) in [5.74, 6) is 0.512. The number of aliphatic hydroxyl groups excluding tert-OH is 2. The molecule has 2 aromatic carbocycles. The Morgan fingerprint density at radius 1 is 1.12 bits per heavy atom. The molecule has 0 saturated heterocycles. The number of nitrogens with one attached hydrogen (secondary N) is 2. The summed E-state index contributed by atoms with van der Waals surface area (Å²) in [7, 11) is -2.22. The van der Waals surface area contributed by atoms with E-state index < -0.39 is 20.7 Å². The molecule has 0 bridgehead atoms. The number of hydrogen-bond donors (Lipinski definition) is 5. The van der Waals surface area contributed by atoms with E-state index in [-0.39, 0.29) is 35.2 Å². The first-order valence-corrected chi connectivity index (χ1v) is 12.1. The number of nitrogens with zero attached hydrogens (tertiary/aromatic N) is 6. The minimum absolute atomic E-state index is 0.0275. The number of phenols is 1. The fraction of sp³-hybridized carbons (Fsp3) is 0.211. The number of phenolic OH excluding ortho intramolecular Hbond substituents is 1. The highest BCUT2D eigenvalue weighted by Crippen LogP contribution is 2.31. The van der Waals surface area contributed by atoms with Crippen LogP contribution in [0.15, 0.2) is 36.4 Å². The van der Waals surface area contributed by atoms with Crippen molar-refractivity contribution in [1.29, 1.82) is 0 Å². The van der Waals surface area contributed by atoms with E-state index in [2.05, 4.69) is 35.8 Å². The molecule has 5 N–H and O–H groups in total. The first-order chi connectivity index (χ1) is 16.3. The molecule has 13 nitrogen and oxygen atoms in total. The predicted octanol–water partition coefficient (Wildman–Crippen LogP) is 1.96. The maximum atomic E-state index is 11.4. The Labute approximate surface area is 198 Å². The first kappa shape index (κ1) is 23.6. The fourth-order valence-corrected chi connectivity index (χ4v) is 3.50. The van der Waals surface area contributed by atoms with Gasteiger partial charge in [0, 0.05) is 25.0 Å². The zero-order valence-corrected chi connectivity index (χ0v) is 19.4. The van der Waals surface area contributed by atoms with Gasteiger partial charge in [0.1, 0.15) is 28.2 Å². The zero-order valence-electron chi connectivity index (χ0n) is 17.7. The molecule has 2 unspecified atom stereocenters. The highest BCUT2D eigenvalue weighted by Gasteiger charge is 2.13. The quantitative estimate of drug-likeness (QED) is 0.208.